The van der Waals surface area contributed by atoms with Crippen LogP contribution in [0.15, 0.2) is 48.2 Å². The van der Waals surface area contributed by atoms with Crippen molar-refractivity contribution in [3.05, 3.63) is 65.1 Å². The molecule has 33 heavy (non-hydrogen) atoms. The second kappa shape index (κ2) is 9.65. The molecule has 174 valence electrons. The van der Waals surface area contributed by atoms with Gasteiger partial charge in [-0.3, -0.25) is 14.5 Å². The van der Waals surface area contributed by atoms with Crippen molar-refractivity contribution in [3.63, 3.8) is 0 Å². The lowest BCUT2D eigenvalue weighted by Crippen LogP contribution is -2.39. The molecular formula is C26H29FN2O4. The number of ether oxygens (including phenoxy) is 2. The highest BCUT2D eigenvalue weighted by Crippen LogP contribution is 2.37. The summed E-state index contributed by atoms with van der Waals surface area (Å²) in [7, 11) is 3.10. The highest BCUT2D eigenvalue weighted by Gasteiger charge is 2.42. The number of benzene rings is 2. The largest absolute Gasteiger partial charge is 0.493 e. The van der Waals surface area contributed by atoms with E-state index < -0.39 is 0 Å². The monoisotopic (exact) mass is 452 g/mol. The zero-order valence-electron chi connectivity index (χ0n) is 19.3. The number of amides is 2. The van der Waals surface area contributed by atoms with Crippen molar-refractivity contribution in [1.29, 1.82) is 0 Å². The van der Waals surface area contributed by atoms with Crippen molar-refractivity contribution in [1.82, 2.24) is 9.80 Å². The van der Waals surface area contributed by atoms with Gasteiger partial charge in [0.2, 0.25) is 0 Å². The fourth-order valence-electron chi connectivity index (χ4n) is 4.44. The molecule has 0 atom stereocenters. The lowest BCUT2D eigenvalue weighted by atomic mass is 9.97. The Morgan fingerprint density at radius 2 is 1.61 bits per heavy atom. The summed E-state index contributed by atoms with van der Waals surface area (Å²) in [4.78, 5) is 30.4. The fourth-order valence-corrected chi connectivity index (χ4v) is 4.44. The third-order valence-electron chi connectivity index (χ3n) is 6.45. The molecule has 2 aromatic rings. The van der Waals surface area contributed by atoms with E-state index in [4.69, 9.17) is 9.47 Å². The molecule has 2 heterocycles. The van der Waals surface area contributed by atoms with E-state index in [0.29, 0.717) is 40.7 Å². The predicted molar refractivity (Wildman–Crippen MR) is 123 cm³/mol. The Morgan fingerprint density at radius 1 is 0.939 bits per heavy atom. The van der Waals surface area contributed by atoms with Crippen LogP contribution in [0.3, 0.4) is 0 Å². The smallest absolute Gasteiger partial charge is 0.277 e. The number of likely N-dealkylation sites (tertiary alicyclic amines) is 1. The maximum Gasteiger partial charge on any atom is 0.277 e. The van der Waals surface area contributed by atoms with E-state index in [1.165, 1.54) is 17.0 Å². The Kier molecular flexibility index (Phi) is 6.67. The van der Waals surface area contributed by atoms with E-state index in [0.717, 1.165) is 31.5 Å². The minimum atomic E-state index is -0.317. The number of methoxy groups -OCH3 is 2. The van der Waals surface area contributed by atoms with Gasteiger partial charge in [-0.2, -0.15) is 0 Å². The van der Waals surface area contributed by atoms with E-state index in [9.17, 15) is 14.0 Å². The van der Waals surface area contributed by atoms with Crippen LogP contribution >= 0.6 is 0 Å². The van der Waals surface area contributed by atoms with Crippen LogP contribution in [0, 0.1) is 11.7 Å². The number of rotatable bonds is 7. The predicted octanol–water partition coefficient (Wildman–Crippen LogP) is 3.90. The van der Waals surface area contributed by atoms with Crippen molar-refractivity contribution < 1.29 is 23.5 Å². The van der Waals surface area contributed by atoms with E-state index in [1.54, 1.807) is 44.6 Å². The molecule has 0 radical (unpaired) electrons. The zero-order chi connectivity index (χ0) is 23.5. The second-order valence-corrected chi connectivity index (χ2v) is 8.60. The molecule has 2 aliphatic heterocycles. The first-order valence-corrected chi connectivity index (χ1v) is 11.2. The number of piperidine rings is 1. The van der Waals surface area contributed by atoms with Crippen molar-refractivity contribution >= 4 is 17.4 Å². The van der Waals surface area contributed by atoms with Crippen LogP contribution in [-0.4, -0.2) is 55.5 Å². The van der Waals surface area contributed by atoms with Gasteiger partial charge in [0.15, 0.2) is 11.5 Å². The number of carbonyl (C=O) groups excluding carboxylic acids is 2. The van der Waals surface area contributed by atoms with Crippen LogP contribution in [0.2, 0.25) is 0 Å². The molecule has 7 heteroatoms. The number of hydrogen-bond donors (Lipinski definition) is 0. The molecule has 0 spiro atoms. The summed E-state index contributed by atoms with van der Waals surface area (Å²) < 4.78 is 24.0. The van der Waals surface area contributed by atoms with Gasteiger partial charge in [0.05, 0.1) is 19.8 Å². The van der Waals surface area contributed by atoms with Gasteiger partial charge in [-0.25, -0.2) is 4.39 Å². The lowest BCUT2D eigenvalue weighted by Gasteiger charge is -2.32. The van der Waals surface area contributed by atoms with E-state index in [2.05, 4.69) is 6.92 Å². The summed E-state index contributed by atoms with van der Waals surface area (Å²) in [6, 6.07) is 11.4. The minimum Gasteiger partial charge on any atom is -0.493 e. The van der Waals surface area contributed by atoms with Crippen LogP contribution < -0.4 is 9.47 Å². The Bertz CT molecular complexity index is 1070. The van der Waals surface area contributed by atoms with Gasteiger partial charge in [0, 0.05) is 19.6 Å². The standard InChI is InChI=1S/C26H29FN2O4/c1-17-10-13-28(14-11-17)24-23(19-6-9-21(32-2)22(16-19)33-3)25(30)29(26(24)31)15-12-18-4-7-20(27)8-5-18/h4-9,16-17H,10-15H2,1-3H3. The maximum atomic E-state index is 13.6. The van der Waals surface area contributed by atoms with Crippen molar-refractivity contribution in [2.24, 2.45) is 5.92 Å². The van der Waals surface area contributed by atoms with Crippen molar-refractivity contribution in [2.45, 2.75) is 26.2 Å². The zero-order valence-corrected chi connectivity index (χ0v) is 19.3. The van der Waals surface area contributed by atoms with Gasteiger partial charge >= 0.3 is 0 Å². The third kappa shape index (κ3) is 4.58. The first kappa shape index (κ1) is 22.8. The normalized spacial score (nSPS) is 17.2. The minimum absolute atomic E-state index is 0.230. The molecule has 6 nitrogen and oxygen atoms in total. The molecule has 0 aliphatic carbocycles. The fraction of sp³-hybridized carbons (Fsp3) is 0.385. The third-order valence-corrected chi connectivity index (χ3v) is 6.45. The van der Waals surface area contributed by atoms with E-state index in [-0.39, 0.29) is 24.2 Å². The molecule has 0 N–H and O–H groups in total. The van der Waals surface area contributed by atoms with Crippen LogP contribution in [0.1, 0.15) is 30.9 Å². The van der Waals surface area contributed by atoms with Crippen molar-refractivity contribution in [2.75, 3.05) is 33.9 Å². The molecule has 0 aromatic heterocycles. The molecule has 4 rings (SSSR count). The van der Waals surface area contributed by atoms with E-state index >= 15 is 0 Å². The quantitative estimate of drug-likeness (QED) is 0.597. The first-order valence-electron chi connectivity index (χ1n) is 11.2. The van der Waals surface area contributed by atoms with Gasteiger partial charge in [-0.15, -0.1) is 0 Å². The molecule has 0 unspecified atom stereocenters. The SMILES string of the molecule is COc1ccc(C2=C(N3CCC(C)CC3)C(=O)N(CCc3ccc(F)cc3)C2=O)cc1OC. The molecule has 2 aromatic carbocycles. The molecule has 2 aliphatic rings. The van der Waals surface area contributed by atoms with Crippen LogP contribution in [0.4, 0.5) is 4.39 Å². The summed E-state index contributed by atoms with van der Waals surface area (Å²) >= 11 is 0. The number of nitrogens with zero attached hydrogens (tertiary/aromatic N) is 2. The van der Waals surface area contributed by atoms with Gasteiger partial charge < -0.3 is 14.4 Å². The Labute approximate surface area is 193 Å². The van der Waals surface area contributed by atoms with Crippen molar-refractivity contribution in [3.8, 4) is 11.5 Å². The van der Waals surface area contributed by atoms with Gasteiger partial charge in [0.1, 0.15) is 11.5 Å². The molecule has 2 amide bonds. The summed E-state index contributed by atoms with van der Waals surface area (Å²) in [5, 5.41) is 0. The molecule has 1 saturated heterocycles. The summed E-state index contributed by atoms with van der Waals surface area (Å²) in [5.74, 6) is 0.739. The Hall–Kier alpha value is -3.35. The molecular weight excluding hydrogens is 423 g/mol. The number of hydrogen-bond acceptors (Lipinski definition) is 5. The van der Waals surface area contributed by atoms with Crippen LogP contribution in [0.25, 0.3) is 5.57 Å². The topological polar surface area (TPSA) is 59.1 Å². The lowest BCUT2D eigenvalue weighted by molar-refractivity contribution is -0.137. The highest BCUT2D eigenvalue weighted by molar-refractivity contribution is 6.35. The maximum absolute atomic E-state index is 13.6. The number of halogens is 1. The summed E-state index contributed by atoms with van der Waals surface area (Å²) in [6.45, 7) is 3.90. The average molecular weight is 453 g/mol. The van der Waals surface area contributed by atoms with Gasteiger partial charge in [-0.1, -0.05) is 25.1 Å². The van der Waals surface area contributed by atoms with Crippen LogP contribution in [-0.2, 0) is 16.0 Å². The summed E-state index contributed by atoms with van der Waals surface area (Å²) in [5.41, 5.74) is 2.35. The molecule has 0 saturated carbocycles. The average Bonchev–Trinajstić information content (AvgIpc) is 3.08. The van der Waals surface area contributed by atoms with Crippen LogP contribution in [0.5, 0.6) is 11.5 Å². The number of carbonyl (C=O) groups is 2. The number of imide groups is 1. The first-order chi connectivity index (χ1) is 15.9. The Morgan fingerprint density at radius 3 is 2.24 bits per heavy atom. The summed E-state index contributed by atoms with van der Waals surface area (Å²) in [6.07, 6.45) is 2.40. The van der Waals surface area contributed by atoms with Gasteiger partial charge in [-0.05, 0) is 60.6 Å². The van der Waals surface area contributed by atoms with Gasteiger partial charge in [0.25, 0.3) is 11.8 Å². The molecule has 1 fully saturated rings. The van der Waals surface area contributed by atoms with E-state index in [1.807, 2.05) is 4.90 Å². The molecule has 0 bridgehead atoms. The second-order valence-electron chi connectivity index (χ2n) is 8.60. The highest BCUT2D eigenvalue weighted by atomic mass is 19.1. The Balaban J connectivity index is 1.68.